The number of para-hydroxylation sites is 2. The van der Waals surface area contributed by atoms with Gasteiger partial charge in [0.2, 0.25) is 29.1 Å². The molecular weight excluding hydrogens is 411 g/mol. The van der Waals surface area contributed by atoms with Gasteiger partial charge in [0.1, 0.15) is 5.52 Å². The van der Waals surface area contributed by atoms with Crippen molar-refractivity contribution < 1.29 is 35.9 Å². The van der Waals surface area contributed by atoms with Crippen molar-refractivity contribution >= 4 is 17.0 Å². The van der Waals surface area contributed by atoms with Crippen LogP contribution in [0.1, 0.15) is 24.7 Å². The molecule has 0 atom stereocenters. The predicted octanol–water partition coefficient (Wildman–Crippen LogP) is 4.31. The number of ether oxygens (including phenoxy) is 1. The van der Waals surface area contributed by atoms with Crippen molar-refractivity contribution in [2.45, 2.75) is 18.8 Å². The van der Waals surface area contributed by atoms with E-state index in [1.807, 2.05) is 18.2 Å². The molecule has 1 amide bonds. The summed E-state index contributed by atoms with van der Waals surface area (Å²) in [6, 6.07) is 7.32. The molecule has 158 valence electrons. The quantitative estimate of drug-likeness (QED) is 0.355. The highest BCUT2D eigenvalue weighted by Crippen LogP contribution is 2.31. The lowest BCUT2D eigenvalue weighted by Gasteiger charge is -2.30. The van der Waals surface area contributed by atoms with E-state index in [0.29, 0.717) is 37.4 Å². The molecule has 0 radical (unpaired) electrons. The average Bonchev–Trinajstić information content (AvgIpc) is 3.20. The highest BCUT2D eigenvalue weighted by molar-refractivity contribution is 5.78. The van der Waals surface area contributed by atoms with E-state index in [-0.39, 0.29) is 5.92 Å². The Morgan fingerprint density at radius 1 is 1.00 bits per heavy atom. The Morgan fingerprint density at radius 2 is 1.60 bits per heavy atom. The largest absolute Gasteiger partial charge is 0.477 e. The zero-order valence-electron chi connectivity index (χ0n) is 15.4. The fourth-order valence-electron chi connectivity index (χ4n) is 3.38. The Labute approximate surface area is 167 Å². The molecule has 2 aromatic carbocycles. The third kappa shape index (κ3) is 3.57. The molecule has 4 rings (SSSR count). The van der Waals surface area contributed by atoms with Gasteiger partial charge >= 0.3 is 0 Å². The number of likely N-dealkylation sites (tertiary alicyclic amines) is 1. The summed E-state index contributed by atoms with van der Waals surface area (Å²) in [5, 5.41) is 0. The number of carbonyl (C=O) groups is 1. The minimum atomic E-state index is -2.29. The first-order valence-corrected chi connectivity index (χ1v) is 9.14. The Bertz CT molecular complexity index is 1050. The fraction of sp³-hybridized carbons (Fsp3) is 0.300. The Hall–Kier alpha value is -3.17. The van der Waals surface area contributed by atoms with E-state index in [9.17, 15) is 26.7 Å². The number of hydrogen-bond acceptors (Lipinski definition) is 4. The summed E-state index contributed by atoms with van der Waals surface area (Å²) >= 11 is 0. The summed E-state index contributed by atoms with van der Waals surface area (Å²) in [6.07, 6.45) is 1.09. The maximum absolute atomic E-state index is 13.6. The molecule has 0 unspecified atom stereocenters. The number of rotatable bonds is 4. The fourth-order valence-corrected chi connectivity index (χ4v) is 3.38. The van der Waals surface area contributed by atoms with Gasteiger partial charge < -0.3 is 14.1 Å². The van der Waals surface area contributed by atoms with Gasteiger partial charge in [-0.3, -0.25) is 4.79 Å². The summed E-state index contributed by atoms with van der Waals surface area (Å²) < 4.78 is 77.1. The van der Waals surface area contributed by atoms with Crippen molar-refractivity contribution in [2.75, 3.05) is 19.7 Å². The second kappa shape index (κ2) is 7.92. The molecule has 1 aliphatic rings. The summed E-state index contributed by atoms with van der Waals surface area (Å²) in [6.45, 7) is -0.239. The van der Waals surface area contributed by atoms with Crippen LogP contribution in [0.25, 0.3) is 11.1 Å². The van der Waals surface area contributed by atoms with Crippen LogP contribution in [0.4, 0.5) is 22.0 Å². The second-order valence-corrected chi connectivity index (χ2v) is 6.86. The number of nitrogens with zero attached hydrogens (tertiary/aromatic N) is 2. The highest BCUT2D eigenvalue weighted by atomic mass is 19.2. The minimum Gasteiger partial charge on any atom is -0.477 e. The zero-order chi connectivity index (χ0) is 21.4. The van der Waals surface area contributed by atoms with Crippen LogP contribution in [0.2, 0.25) is 0 Å². The number of oxazole rings is 1. The lowest BCUT2D eigenvalue weighted by Crippen LogP contribution is -2.40. The van der Waals surface area contributed by atoms with Gasteiger partial charge in [-0.05, 0) is 25.0 Å². The number of hydrogen-bond donors (Lipinski definition) is 0. The van der Waals surface area contributed by atoms with Crippen molar-refractivity contribution in [3.8, 4) is 5.75 Å². The van der Waals surface area contributed by atoms with Gasteiger partial charge in [0.25, 0.3) is 5.91 Å². The van der Waals surface area contributed by atoms with Crippen LogP contribution in [0, 0.1) is 29.1 Å². The van der Waals surface area contributed by atoms with Gasteiger partial charge in [0, 0.05) is 19.0 Å². The van der Waals surface area contributed by atoms with E-state index in [0.717, 1.165) is 5.52 Å². The van der Waals surface area contributed by atoms with E-state index < -0.39 is 47.3 Å². The number of benzene rings is 2. The molecule has 3 aromatic rings. The molecule has 0 spiro atoms. The number of piperidine rings is 1. The molecule has 5 nitrogen and oxygen atoms in total. The van der Waals surface area contributed by atoms with Crippen LogP contribution in [0.15, 0.2) is 28.7 Å². The highest BCUT2D eigenvalue weighted by Gasteiger charge is 2.30. The minimum absolute atomic E-state index is 0.00227. The smallest absolute Gasteiger partial charge is 0.260 e. The molecule has 30 heavy (non-hydrogen) atoms. The summed E-state index contributed by atoms with van der Waals surface area (Å²) in [7, 11) is 0. The number of carbonyl (C=O) groups excluding carboxylic acids is 1. The van der Waals surface area contributed by atoms with E-state index in [1.165, 1.54) is 4.90 Å². The topological polar surface area (TPSA) is 55.6 Å². The van der Waals surface area contributed by atoms with E-state index >= 15 is 0 Å². The van der Waals surface area contributed by atoms with Gasteiger partial charge in [0.15, 0.2) is 23.8 Å². The molecule has 0 aliphatic carbocycles. The summed E-state index contributed by atoms with van der Waals surface area (Å²) in [4.78, 5) is 18.1. The lowest BCUT2D eigenvalue weighted by molar-refractivity contribution is -0.134. The van der Waals surface area contributed by atoms with Gasteiger partial charge in [-0.25, -0.2) is 18.2 Å². The molecular formula is C20H15F5N2O3. The Morgan fingerprint density at radius 3 is 2.23 bits per heavy atom. The Balaban J connectivity index is 1.37. The molecule has 10 heteroatoms. The van der Waals surface area contributed by atoms with Crippen LogP contribution in [0.5, 0.6) is 5.75 Å². The van der Waals surface area contributed by atoms with Crippen molar-refractivity contribution in [1.29, 1.82) is 0 Å². The maximum atomic E-state index is 13.6. The van der Waals surface area contributed by atoms with Gasteiger partial charge in [-0.2, -0.15) is 8.78 Å². The molecule has 0 bridgehead atoms. The standard InChI is InChI=1S/C20H15F5N2O3/c21-14-15(22)17(24)19(18(25)16(14)23)29-9-13(28)27-7-5-10(6-8-27)20-26-11-3-1-2-4-12(11)30-20/h1-4,10H,5-9H2. The first-order chi connectivity index (χ1) is 14.4. The molecule has 1 aliphatic heterocycles. The van der Waals surface area contributed by atoms with Gasteiger partial charge in [0.05, 0.1) is 0 Å². The van der Waals surface area contributed by atoms with Crippen LogP contribution in [0.3, 0.4) is 0 Å². The molecule has 2 heterocycles. The predicted molar refractivity (Wildman–Crippen MR) is 94.3 cm³/mol. The third-order valence-corrected chi connectivity index (χ3v) is 5.02. The SMILES string of the molecule is O=C(COc1c(F)c(F)c(F)c(F)c1F)N1CCC(c2nc3ccccc3o2)CC1. The number of fused-ring (bicyclic) bond motifs is 1. The second-order valence-electron chi connectivity index (χ2n) is 6.86. The van der Waals surface area contributed by atoms with Crippen LogP contribution in [-0.2, 0) is 4.79 Å². The van der Waals surface area contributed by atoms with Crippen LogP contribution >= 0.6 is 0 Å². The van der Waals surface area contributed by atoms with Crippen molar-refractivity contribution in [3.05, 3.63) is 59.2 Å². The van der Waals surface area contributed by atoms with E-state index in [1.54, 1.807) is 6.07 Å². The molecule has 0 N–H and O–H groups in total. The normalized spacial score (nSPS) is 15.0. The van der Waals surface area contributed by atoms with Gasteiger partial charge in [-0.1, -0.05) is 12.1 Å². The van der Waals surface area contributed by atoms with Crippen molar-refractivity contribution in [2.24, 2.45) is 0 Å². The molecule has 1 saturated heterocycles. The maximum Gasteiger partial charge on any atom is 0.260 e. The van der Waals surface area contributed by atoms with Crippen LogP contribution < -0.4 is 4.74 Å². The third-order valence-electron chi connectivity index (χ3n) is 5.02. The first-order valence-electron chi connectivity index (χ1n) is 9.14. The van der Waals surface area contributed by atoms with E-state index in [2.05, 4.69) is 9.72 Å². The van der Waals surface area contributed by atoms with Gasteiger partial charge in [-0.15, -0.1) is 0 Å². The Kier molecular flexibility index (Phi) is 5.31. The molecule has 1 fully saturated rings. The lowest BCUT2D eigenvalue weighted by atomic mass is 9.97. The summed E-state index contributed by atoms with van der Waals surface area (Å²) in [5.74, 6) is -12.3. The first kappa shape index (κ1) is 20.1. The molecule has 1 aromatic heterocycles. The van der Waals surface area contributed by atoms with Crippen molar-refractivity contribution in [3.63, 3.8) is 0 Å². The van der Waals surface area contributed by atoms with Crippen LogP contribution in [-0.4, -0.2) is 35.5 Å². The van der Waals surface area contributed by atoms with Crippen molar-refractivity contribution in [1.82, 2.24) is 9.88 Å². The number of halogens is 5. The number of amides is 1. The average molecular weight is 426 g/mol. The number of aromatic nitrogens is 1. The molecule has 0 saturated carbocycles. The zero-order valence-corrected chi connectivity index (χ0v) is 15.4. The monoisotopic (exact) mass is 426 g/mol. The summed E-state index contributed by atoms with van der Waals surface area (Å²) in [5.41, 5.74) is 1.41. The van der Waals surface area contributed by atoms with E-state index in [4.69, 9.17) is 4.42 Å².